The first kappa shape index (κ1) is 28.0. The van der Waals surface area contributed by atoms with Gasteiger partial charge < -0.3 is 14.5 Å². The van der Waals surface area contributed by atoms with Gasteiger partial charge in [0, 0.05) is 57.6 Å². The normalized spacial score (nSPS) is 38.8. The van der Waals surface area contributed by atoms with Crippen molar-refractivity contribution in [2.24, 2.45) is 11.8 Å². The molecule has 6 fully saturated rings. The van der Waals surface area contributed by atoms with E-state index in [0.29, 0.717) is 50.8 Å². The first-order chi connectivity index (χ1) is 18.6. The first-order valence-electron chi connectivity index (χ1n) is 14.5. The molecule has 4 unspecified atom stereocenters. The van der Waals surface area contributed by atoms with Crippen LogP contribution in [0.2, 0.25) is 0 Å². The monoisotopic (exact) mass is 576 g/mol. The predicted molar refractivity (Wildman–Crippen MR) is 137 cm³/mol. The molecular formula is C26H40ClF3N6O3. The molecule has 2 amide bonds. The molecule has 1 aliphatic carbocycles. The van der Waals surface area contributed by atoms with Crippen molar-refractivity contribution in [2.45, 2.75) is 99.5 Å². The number of piperidine rings is 1. The van der Waals surface area contributed by atoms with Crippen LogP contribution in [-0.4, -0.2) is 119 Å². The van der Waals surface area contributed by atoms with E-state index in [2.05, 4.69) is 20.7 Å². The van der Waals surface area contributed by atoms with Crippen molar-refractivity contribution in [3.8, 4) is 0 Å². The summed E-state index contributed by atoms with van der Waals surface area (Å²) in [6, 6.07) is -0.894. The number of halogens is 4. The topological polar surface area (TPSA) is 80.4 Å². The van der Waals surface area contributed by atoms with Crippen LogP contribution in [0.25, 0.3) is 0 Å². The zero-order chi connectivity index (χ0) is 27.5. The number of ether oxygens (including phenoxy) is 1. The smallest absolute Gasteiger partial charge is 0.368 e. The molecule has 13 heteroatoms. The Kier molecular flexibility index (Phi) is 7.82. The highest BCUT2D eigenvalue weighted by Crippen LogP contribution is 2.41. The molecule has 0 aromatic heterocycles. The van der Waals surface area contributed by atoms with Crippen molar-refractivity contribution in [2.75, 3.05) is 39.8 Å². The summed E-state index contributed by atoms with van der Waals surface area (Å²) < 4.78 is 48.3. The number of hydrogen-bond donors (Lipinski definition) is 2. The molecule has 2 N–H and O–H groups in total. The first-order valence-corrected chi connectivity index (χ1v) is 15.0. The number of carbonyl (C=O) groups excluding carboxylic acids is 2. The minimum atomic E-state index is -4.50. The summed E-state index contributed by atoms with van der Waals surface area (Å²) in [6.07, 6.45) is 1.22. The molecule has 1 saturated carbocycles. The van der Waals surface area contributed by atoms with Gasteiger partial charge in [0.05, 0.1) is 24.2 Å². The molecule has 0 bridgehead atoms. The number of fused-ring (bicyclic) bond motifs is 3. The van der Waals surface area contributed by atoms with E-state index in [9.17, 15) is 22.8 Å². The van der Waals surface area contributed by atoms with Crippen LogP contribution in [0.3, 0.4) is 0 Å². The van der Waals surface area contributed by atoms with Crippen molar-refractivity contribution in [3.63, 3.8) is 0 Å². The van der Waals surface area contributed by atoms with Gasteiger partial charge in [-0.15, -0.1) is 11.6 Å². The Labute approximate surface area is 232 Å². The third-order valence-electron chi connectivity index (χ3n) is 10.0. The highest BCUT2D eigenvalue weighted by atomic mass is 35.5. The van der Waals surface area contributed by atoms with Gasteiger partial charge in [-0.3, -0.25) is 19.8 Å². The van der Waals surface area contributed by atoms with Crippen LogP contribution in [0, 0.1) is 11.8 Å². The molecule has 5 saturated heterocycles. The summed E-state index contributed by atoms with van der Waals surface area (Å²) in [7, 11) is 1.29. The highest BCUT2D eigenvalue weighted by molar-refractivity contribution is 6.20. The number of nitrogens with one attached hydrogen (secondary N) is 2. The van der Waals surface area contributed by atoms with E-state index >= 15 is 0 Å². The second-order valence-electron chi connectivity index (χ2n) is 12.3. The fourth-order valence-corrected chi connectivity index (χ4v) is 8.18. The lowest BCUT2D eigenvalue weighted by Crippen LogP contribution is -2.70. The quantitative estimate of drug-likeness (QED) is 0.381. The molecule has 0 radical (unpaired) electrons. The van der Waals surface area contributed by atoms with Crippen LogP contribution in [0.5, 0.6) is 0 Å². The molecular weight excluding hydrogens is 537 g/mol. The Morgan fingerprint density at radius 3 is 2.44 bits per heavy atom. The molecule has 39 heavy (non-hydrogen) atoms. The van der Waals surface area contributed by atoms with Crippen LogP contribution in [-0.2, 0) is 14.3 Å². The summed E-state index contributed by atoms with van der Waals surface area (Å²) in [5.74, 6) is -1.89. The van der Waals surface area contributed by atoms with Gasteiger partial charge in [0.1, 0.15) is 12.1 Å². The third-order valence-corrected chi connectivity index (χ3v) is 10.3. The van der Waals surface area contributed by atoms with Gasteiger partial charge in [-0.25, -0.2) is 10.4 Å². The van der Waals surface area contributed by atoms with E-state index in [1.165, 1.54) is 11.9 Å². The maximum absolute atomic E-state index is 14.4. The Balaban J connectivity index is 1.05. The number of likely N-dealkylation sites (tertiary alicyclic amines) is 2. The van der Waals surface area contributed by atoms with Gasteiger partial charge in [0.25, 0.3) is 5.91 Å². The molecule has 9 nitrogen and oxygen atoms in total. The van der Waals surface area contributed by atoms with Gasteiger partial charge >= 0.3 is 6.18 Å². The zero-order valence-corrected chi connectivity index (χ0v) is 23.2. The summed E-state index contributed by atoms with van der Waals surface area (Å²) in [5.41, 5.74) is 3.32. The van der Waals surface area contributed by atoms with Gasteiger partial charge in [-0.05, 0) is 51.0 Å². The van der Waals surface area contributed by atoms with Crippen LogP contribution in [0.15, 0.2) is 0 Å². The van der Waals surface area contributed by atoms with Crippen LogP contribution < -0.4 is 10.7 Å². The maximum Gasteiger partial charge on any atom is 0.409 e. The van der Waals surface area contributed by atoms with Crippen LogP contribution >= 0.6 is 11.6 Å². The zero-order valence-electron chi connectivity index (χ0n) is 22.4. The fraction of sp³-hybridized carbons (Fsp3) is 0.923. The average molecular weight is 577 g/mol. The molecule has 0 spiro atoms. The van der Waals surface area contributed by atoms with Gasteiger partial charge in [-0.2, -0.15) is 13.2 Å². The largest absolute Gasteiger partial charge is 0.409 e. The highest BCUT2D eigenvalue weighted by Gasteiger charge is 2.53. The van der Waals surface area contributed by atoms with Crippen LogP contribution in [0.1, 0.15) is 51.4 Å². The molecule has 220 valence electrons. The number of alkyl halides is 4. The third kappa shape index (κ3) is 5.30. The minimum Gasteiger partial charge on any atom is -0.368 e. The number of carbonyl (C=O) groups is 2. The van der Waals surface area contributed by atoms with E-state index in [0.717, 1.165) is 37.3 Å². The van der Waals surface area contributed by atoms with E-state index in [1.807, 2.05) is 0 Å². The number of rotatable bonds is 5. The Morgan fingerprint density at radius 2 is 1.79 bits per heavy atom. The maximum atomic E-state index is 14.4. The van der Waals surface area contributed by atoms with E-state index in [4.69, 9.17) is 16.3 Å². The SMILES string of the molecule is CN(C(=O)C1CN(C(=O)[C@H]2CCO2)C1)[C@@H](C1CCC(N2CCCC3C2CNC2CC(Cl)NN23)CC1)C(F)(F)F. The fourth-order valence-electron chi connectivity index (χ4n) is 7.90. The Morgan fingerprint density at radius 1 is 1.08 bits per heavy atom. The number of nitrogens with zero attached hydrogens (tertiary/aromatic N) is 4. The summed E-state index contributed by atoms with van der Waals surface area (Å²) in [4.78, 5) is 30.3. The lowest BCUT2D eigenvalue weighted by Gasteiger charge is -2.53. The second-order valence-corrected chi connectivity index (χ2v) is 12.8. The predicted octanol–water partition coefficient (Wildman–Crippen LogP) is 1.72. The molecule has 6 aliphatic rings. The Bertz CT molecular complexity index is 927. The van der Waals surface area contributed by atoms with Crippen molar-refractivity contribution >= 4 is 23.4 Å². The molecule has 6 rings (SSSR count). The number of hydrogen-bond acceptors (Lipinski definition) is 7. The van der Waals surface area contributed by atoms with Gasteiger partial charge in [0.15, 0.2) is 0 Å². The lowest BCUT2D eigenvalue weighted by atomic mass is 9.78. The summed E-state index contributed by atoms with van der Waals surface area (Å²) in [5, 5.41) is 5.89. The lowest BCUT2D eigenvalue weighted by molar-refractivity contribution is -0.205. The van der Waals surface area contributed by atoms with E-state index < -0.39 is 36.1 Å². The summed E-state index contributed by atoms with van der Waals surface area (Å²) >= 11 is 6.36. The molecule has 5 aliphatic heterocycles. The van der Waals surface area contributed by atoms with Gasteiger partial charge in [-0.1, -0.05) is 0 Å². The van der Waals surface area contributed by atoms with E-state index in [1.54, 1.807) is 0 Å². The minimum absolute atomic E-state index is 0.0775. The standard InChI is InChI=1S/C26H40ClF3N6O3/c1-33(24(37)16-13-34(14-16)25(38)20-8-10-39-20)23(26(28,29)30)15-4-6-17(7-5-15)35-9-2-3-18-19(35)12-31-22-11-21(27)32-36(18)22/h15-23,31-32H,2-14H2,1H3/t15?,17?,18?,19?,20-,21?,22?,23+/m1/s1. The molecule has 0 aromatic rings. The average Bonchev–Trinajstić information content (AvgIpc) is 3.22. The number of amides is 2. The van der Waals surface area contributed by atoms with Crippen molar-refractivity contribution in [3.05, 3.63) is 0 Å². The van der Waals surface area contributed by atoms with Crippen molar-refractivity contribution in [1.29, 1.82) is 0 Å². The second kappa shape index (κ2) is 10.9. The van der Waals surface area contributed by atoms with Crippen molar-refractivity contribution < 1.29 is 27.5 Å². The number of hydrazine groups is 1. The molecule has 6 atom stereocenters. The molecule has 5 heterocycles. The Hall–Kier alpha value is -1.18. The van der Waals surface area contributed by atoms with Crippen LogP contribution in [0.4, 0.5) is 13.2 Å². The summed E-state index contributed by atoms with van der Waals surface area (Å²) in [6.45, 7) is 2.72. The van der Waals surface area contributed by atoms with Crippen molar-refractivity contribution in [1.82, 2.24) is 30.5 Å². The van der Waals surface area contributed by atoms with Gasteiger partial charge in [0.2, 0.25) is 5.91 Å². The van der Waals surface area contributed by atoms with E-state index in [-0.39, 0.29) is 36.7 Å². The molecule has 0 aromatic carbocycles.